The van der Waals surface area contributed by atoms with Crippen LogP contribution >= 0.6 is 0 Å². The largest absolute Gasteiger partial charge is 0.772 e. The second kappa shape index (κ2) is 72.7. The zero-order chi connectivity index (χ0) is 111. The van der Waals surface area contributed by atoms with Crippen LogP contribution in [0.3, 0.4) is 0 Å². The molecule has 6 aromatic carbocycles. The molecular formula is C105H169F9N13O15S6-5. The van der Waals surface area contributed by atoms with Gasteiger partial charge < -0.3 is 102 Å². The van der Waals surface area contributed by atoms with Gasteiger partial charge in [0.2, 0.25) is 10.0 Å². The minimum absolute atomic E-state index is 0.0899. The van der Waals surface area contributed by atoms with Crippen molar-refractivity contribution >= 4 is 105 Å². The van der Waals surface area contributed by atoms with Gasteiger partial charge in [-0.05, 0) is 321 Å². The highest BCUT2D eigenvalue weighted by atomic mass is 32.2. The third-order valence-electron chi connectivity index (χ3n) is 25.6. The molecule has 0 amide bonds. The fraction of sp³-hybridized carbons (Fsp3) is 0.657. The average Bonchev–Trinajstić information content (AvgIpc) is 0.799. The summed E-state index contributed by atoms with van der Waals surface area (Å²) in [5, 5.41) is 17.7. The number of morpholine rings is 1. The van der Waals surface area contributed by atoms with Crippen molar-refractivity contribution in [3.05, 3.63) is 162 Å². The number of nitrogens with two attached hydrogens (primary N) is 5. The molecule has 17 N–H and O–H groups in total. The predicted molar refractivity (Wildman–Crippen MR) is 582 cm³/mol. The molecule has 13 rings (SSSR count). The van der Waals surface area contributed by atoms with Crippen molar-refractivity contribution in [1.82, 2.24) is 4.72 Å². The van der Waals surface area contributed by atoms with Gasteiger partial charge in [0.1, 0.15) is 40.5 Å². The number of sulfonamides is 1. The van der Waals surface area contributed by atoms with Gasteiger partial charge in [-0.3, -0.25) is 21.0 Å². The molecule has 6 aliphatic carbocycles. The van der Waals surface area contributed by atoms with E-state index in [1.165, 1.54) is 74.5 Å². The summed E-state index contributed by atoms with van der Waals surface area (Å²) in [6.07, 6.45) is 21.3. The zero-order valence-corrected chi connectivity index (χ0v) is 93.9. The second-order valence-corrected chi connectivity index (χ2v) is 50.1. The molecule has 1 aliphatic heterocycles. The van der Waals surface area contributed by atoms with Gasteiger partial charge in [-0.15, -0.1) is 13.2 Å². The minimum atomic E-state index is -4.64. The SMILES string of the molecule is CC(C)S(=O)(=O)NC1CCC(CNc2c(F)cc(F)cc2F)CC1.CC(C)S(=O)[O-].CC(C)S(=O)[O-].CC(C)S(=O)[O-].CC(C)S(=O)[O-].CC(C)S(=O)[O-].COc1ccc(NCC2CCC(N)CC2)cc1.Cc1cc(NCC2CCC(N)CC2)cc(F)c1N1C[C@@H](C)O[C@@H](C)C1.NC1CCC(CNc2ccc(OC(F)(F)F)cc2)CC1.NC1CCC(CNc2cccc(F)c2)CC1.NC1CCC(CNc2ccccc2F)CC1. The smallest absolute Gasteiger partial charge is 0.573 e. The van der Waals surface area contributed by atoms with E-state index in [9.17, 15) is 91.7 Å². The first-order valence-electron chi connectivity index (χ1n) is 51.5. The molecule has 6 saturated carbocycles. The maximum absolute atomic E-state index is 14.8. The Hall–Kier alpha value is -6.89. The Balaban J connectivity index is 0.000000434. The van der Waals surface area contributed by atoms with E-state index >= 15 is 0 Å². The molecule has 0 radical (unpaired) electrons. The third-order valence-corrected chi connectivity index (χ3v) is 31.3. The van der Waals surface area contributed by atoms with Crippen LogP contribution in [0.2, 0.25) is 0 Å². The second-order valence-electron chi connectivity index (χ2n) is 40.5. The first-order chi connectivity index (χ1) is 69.5. The molecule has 6 aromatic rings. The number of hydrogen-bond acceptors (Lipinski definition) is 27. The monoisotopic (exact) mass is 2220 g/mol. The minimum Gasteiger partial charge on any atom is -0.772 e. The lowest BCUT2D eigenvalue weighted by Crippen LogP contribution is -2.46. The number of methoxy groups -OCH3 is 1. The van der Waals surface area contributed by atoms with Gasteiger partial charge in [0.15, 0.2) is 11.6 Å². The standard InChI is InChI=1S/C20H32FN3O.C16H23F3N2O2S.C14H19F3N2O.C14H22N2O.2C13H19FN2.5C3H8O2S/c1-13-8-18(23-10-16-4-6-17(22)7-5-16)9-19(21)20(13)24-11-14(2)25-15(3)12-24;1-10(2)24(22,23)21-13-5-3-11(4-6-13)9-20-16-14(18)7-12(17)8-15(16)19;15-14(16,17)20-13-7-5-12(6-8-13)19-9-10-1-3-11(18)4-2-10;1-17-14-8-6-13(7-9-14)16-10-11-2-4-12(15)5-3-11;14-11-2-1-3-13(8-11)16-9-10-4-6-12(15)7-5-10;14-12-3-1-2-4-13(12)16-9-10-5-7-11(15)8-6-10;5*1-3(2)6(4)5/h8-9,14-17,23H,4-7,10-12,22H2,1-3H3;7-8,10-11,13,20-21H,3-6,9H2,1-2H3;5-8,10-11,19H,1-4,9,18H2;6-9,11-12,16H,2-5,10,15H2,1H3;1-3,8,10,12,16H,4-7,9,15H2;1-4,10-11,16H,5-9,15H2;5*3H,1-2H3,(H,4,5)/p-5/t14-,15+,16?,17?;;;;;;;;;;. The van der Waals surface area contributed by atoms with Crippen molar-refractivity contribution in [3.63, 3.8) is 0 Å². The van der Waals surface area contributed by atoms with Gasteiger partial charge in [0.05, 0.1) is 35.9 Å². The van der Waals surface area contributed by atoms with Gasteiger partial charge in [-0.2, -0.15) is 0 Å². The number of aryl methyl sites for hydroxylation is 1. The molecular weight excluding hydrogens is 2050 g/mol. The van der Waals surface area contributed by atoms with Crippen LogP contribution in [0.25, 0.3) is 0 Å². The normalized spacial score (nSPS) is 23.2. The number of halogens is 9. The van der Waals surface area contributed by atoms with E-state index in [1.807, 2.05) is 45.0 Å². The van der Waals surface area contributed by atoms with Gasteiger partial charge in [-0.1, -0.05) is 143 Å². The number of ether oxygens (including phenoxy) is 3. The predicted octanol–water partition coefficient (Wildman–Crippen LogP) is 20.1. The Bertz CT molecular complexity index is 4700. The summed E-state index contributed by atoms with van der Waals surface area (Å²) in [6, 6.07) is 34.2. The third kappa shape index (κ3) is 60.1. The first-order valence-corrected chi connectivity index (χ1v) is 58.7. The van der Waals surface area contributed by atoms with Crippen LogP contribution < -0.4 is 79.7 Å². The van der Waals surface area contributed by atoms with E-state index < -0.39 is 94.5 Å². The Labute approximate surface area is 888 Å². The van der Waals surface area contributed by atoms with E-state index in [4.69, 9.17) is 38.1 Å². The van der Waals surface area contributed by atoms with Crippen molar-refractivity contribution in [2.75, 3.05) is 96.3 Å². The number of para-hydroxylation sites is 1. The fourth-order valence-corrected chi connectivity index (χ4v) is 17.3. The van der Waals surface area contributed by atoms with Crippen LogP contribution in [0.4, 0.5) is 79.3 Å². The van der Waals surface area contributed by atoms with Crippen LogP contribution in [-0.4, -0.2) is 198 Å². The van der Waals surface area contributed by atoms with Crippen LogP contribution in [0.1, 0.15) is 257 Å². The molecule has 0 aromatic heterocycles. The number of anilines is 7. The quantitative estimate of drug-likeness (QED) is 0.0153. The maximum atomic E-state index is 14.8. The summed E-state index contributed by atoms with van der Waals surface area (Å²) < 4.78 is 255. The summed E-state index contributed by atoms with van der Waals surface area (Å²) in [5.74, 6) is 0.856. The van der Waals surface area contributed by atoms with Gasteiger partial charge in [0, 0.05) is 150 Å². The Morgan fingerprint density at radius 1 is 0.385 bits per heavy atom. The number of nitrogens with zero attached hydrogens (tertiary/aromatic N) is 1. The van der Waals surface area contributed by atoms with Crippen molar-refractivity contribution in [2.45, 2.75) is 344 Å². The van der Waals surface area contributed by atoms with Crippen LogP contribution in [0.15, 0.2) is 121 Å². The van der Waals surface area contributed by atoms with E-state index in [2.05, 4.69) is 64.5 Å². The number of rotatable bonds is 29. The summed E-state index contributed by atoms with van der Waals surface area (Å²) in [5.41, 5.74) is 35.1. The summed E-state index contributed by atoms with van der Waals surface area (Å²) in [7, 11) is -1.60. The zero-order valence-electron chi connectivity index (χ0n) is 89.0. The van der Waals surface area contributed by atoms with Crippen LogP contribution in [-0.2, 0) is 70.2 Å². The van der Waals surface area contributed by atoms with Gasteiger partial charge in [0.25, 0.3) is 0 Å². The van der Waals surface area contributed by atoms with Crippen LogP contribution in [0.5, 0.6) is 11.5 Å². The summed E-state index contributed by atoms with van der Waals surface area (Å²) >= 11 is -9.34. The Morgan fingerprint density at radius 2 is 0.703 bits per heavy atom. The van der Waals surface area contributed by atoms with E-state index in [0.29, 0.717) is 91.1 Å². The molecule has 1 saturated heterocycles. The lowest BCUT2D eigenvalue weighted by molar-refractivity contribution is -0.274. The first kappa shape index (κ1) is 135. The molecule has 7 aliphatic rings. The highest BCUT2D eigenvalue weighted by molar-refractivity contribution is 7.90. The highest BCUT2D eigenvalue weighted by Crippen LogP contribution is 2.35. The number of nitrogens with one attached hydrogen (secondary N) is 7. The molecule has 848 valence electrons. The van der Waals surface area contributed by atoms with Gasteiger partial charge >= 0.3 is 6.36 Å². The van der Waals surface area contributed by atoms with Gasteiger partial charge in [-0.25, -0.2) is 39.5 Å². The van der Waals surface area contributed by atoms with Crippen LogP contribution in [0, 0.1) is 77.3 Å². The Kier molecular flexibility index (Phi) is 66.4. The molecule has 7 atom stereocenters. The van der Waals surface area contributed by atoms with Crippen molar-refractivity contribution in [1.29, 1.82) is 0 Å². The fourth-order valence-electron chi connectivity index (χ4n) is 16.4. The lowest BCUT2D eigenvalue weighted by Gasteiger charge is -2.37. The van der Waals surface area contributed by atoms with E-state index in [0.717, 1.165) is 189 Å². The summed E-state index contributed by atoms with van der Waals surface area (Å²) in [6.45, 7) is 32.0. The summed E-state index contributed by atoms with van der Waals surface area (Å²) in [4.78, 5) is 2.12. The lowest BCUT2D eigenvalue weighted by atomic mass is 9.86. The number of benzene rings is 6. The number of hydrogen-bond donors (Lipinski definition) is 12. The maximum Gasteiger partial charge on any atom is 0.573 e. The molecule has 43 heteroatoms. The van der Waals surface area contributed by atoms with Crippen molar-refractivity contribution in [3.8, 4) is 11.5 Å². The van der Waals surface area contributed by atoms with E-state index in [-0.39, 0.29) is 79.3 Å². The molecule has 0 bridgehead atoms. The molecule has 28 nitrogen and oxygen atoms in total. The number of alkyl halides is 3. The molecule has 5 unspecified atom stereocenters. The average molecular weight is 2220 g/mol. The molecule has 1 heterocycles. The van der Waals surface area contributed by atoms with E-state index in [1.54, 1.807) is 127 Å². The van der Waals surface area contributed by atoms with Crippen molar-refractivity contribution in [2.24, 2.45) is 64.2 Å². The topological polar surface area (TPSA) is 480 Å². The molecule has 7 fully saturated rings. The highest BCUT2D eigenvalue weighted by Gasteiger charge is 2.33. The van der Waals surface area contributed by atoms with Crippen molar-refractivity contribution < 1.29 is 106 Å². The molecule has 0 spiro atoms. The Morgan fingerprint density at radius 3 is 1.02 bits per heavy atom. The molecule has 148 heavy (non-hydrogen) atoms.